The summed E-state index contributed by atoms with van der Waals surface area (Å²) < 4.78 is 0. The fourth-order valence-corrected chi connectivity index (χ4v) is 2.05. The highest BCUT2D eigenvalue weighted by molar-refractivity contribution is 5.67. The van der Waals surface area contributed by atoms with Crippen molar-refractivity contribution in [3.63, 3.8) is 0 Å². The second-order valence-electron chi connectivity index (χ2n) is 4.88. The number of rotatable bonds is 7. The van der Waals surface area contributed by atoms with E-state index in [9.17, 15) is 20.1 Å². The van der Waals surface area contributed by atoms with Gasteiger partial charge in [-0.05, 0) is 25.0 Å². The molecule has 1 rings (SSSR count). The summed E-state index contributed by atoms with van der Waals surface area (Å²) >= 11 is 0. The molecule has 0 fully saturated rings. The van der Waals surface area contributed by atoms with Crippen LogP contribution in [0, 0.1) is 0 Å². The van der Waals surface area contributed by atoms with E-state index in [2.05, 4.69) is 4.98 Å². The number of carboxylic acid groups (broad SMARTS) is 1. The lowest BCUT2D eigenvalue weighted by molar-refractivity contribution is -0.141. The van der Waals surface area contributed by atoms with Gasteiger partial charge in [0.25, 0.3) is 0 Å². The molecule has 0 aromatic carbocycles. The maximum Gasteiger partial charge on any atom is 0.306 e. The first-order chi connectivity index (χ1) is 9.31. The molecular weight excluding hydrogens is 264 g/mol. The number of carboxylic acids is 1. The first-order valence-electron chi connectivity index (χ1n) is 6.29. The lowest BCUT2D eigenvalue weighted by Crippen LogP contribution is -2.34. The average Bonchev–Trinajstić information content (AvgIpc) is 2.34. The van der Waals surface area contributed by atoms with Gasteiger partial charge in [0, 0.05) is 24.2 Å². The molecule has 0 saturated heterocycles. The van der Waals surface area contributed by atoms with Gasteiger partial charge in [0.05, 0.1) is 18.6 Å². The second kappa shape index (κ2) is 7.18. The van der Waals surface area contributed by atoms with Crippen LogP contribution in [0.4, 0.5) is 0 Å². The van der Waals surface area contributed by atoms with E-state index in [0.717, 1.165) is 0 Å². The molecule has 0 amide bonds. The molecule has 6 N–H and O–H groups in total. The van der Waals surface area contributed by atoms with Crippen LogP contribution in [0.5, 0.6) is 5.88 Å². The van der Waals surface area contributed by atoms with Crippen LogP contribution in [0.1, 0.15) is 31.2 Å². The maximum absolute atomic E-state index is 10.5. The fraction of sp³-hybridized carbons (Fsp3) is 0.538. The van der Waals surface area contributed by atoms with Crippen molar-refractivity contribution >= 4 is 5.97 Å². The molecule has 112 valence electrons. The van der Waals surface area contributed by atoms with E-state index in [1.54, 1.807) is 13.0 Å². The Kier molecular flexibility index (Phi) is 5.87. The highest BCUT2D eigenvalue weighted by atomic mass is 16.4. The van der Waals surface area contributed by atoms with Gasteiger partial charge in [0.15, 0.2) is 0 Å². The van der Waals surface area contributed by atoms with E-state index in [1.807, 2.05) is 0 Å². The molecule has 0 aliphatic heterocycles. The summed E-state index contributed by atoms with van der Waals surface area (Å²) in [6, 6.07) is 2.75. The van der Waals surface area contributed by atoms with Crippen LogP contribution in [-0.4, -0.2) is 49.6 Å². The van der Waals surface area contributed by atoms with Gasteiger partial charge in [-0.3, -0.25) is 4.79 Å². The number of aromatic hydroxyl groups is 1. The number of hydrogen-bond donors (Lipinski definition) is 5. The monoisotopic (exact) mass is 284 g/mol. The van der Waals surface area contributed by atoms with Gasteiger partial charge in [0.2, 0.25) is 5.88 Å². The van der Waals surface area contributed by atoms with Crippen LogP contribution >= 0.6 is 0 Å². The normalized spacial score (nSPS) is 17.2. The first-order valence-corrected chi connectivity index (χ1v) is 6.29. The van der Waals surface area contributed by atoms with Crippen LogP contribution in [-0.2, 0) is 4.79 Å². The predicted octanol–water partition coefficient (Wildman–Crippen LogP) is -0.195. The lowest BCUT2D eigenvalue weighted by atomic mass is 9.86. The average molecular weight is 284 g/mol. The van der Waals surface area contributed by atoms with Crippen LogP contribution in [0.3, 0.4) is 0 Å². The Bertz CT molecular complexity index is 452. The minimum Gasteiger partial charge on any atom is -0.493 e. The SMILES string of the molecule is CC(N)C(CC(O)C(O)CC(=O)O)c1ccnc(O)c1. The smallest absolute Gasteiger partial charge is 0.306 e. The molecule has 4 atom stereocenters. The summed E-state index contributed by atoms with van der Waals surface area (Å²) in [6.45, 7) is 1.73. The summed E-state index contributed by atoms with van der Waals surface area (Å²) in [4.78, 5) is 14.2. The van der Waals surface area contributed by atoms with Gasteiger partial charge in [-0.15, -0.1) is 0 Å². The Morgan fingerprint density at radius 3 is 2.55 bits per heavy atom. The van der Waals surface area contributed by atoms with Crippen molar-refractivity contribution in [3.8, 4) is 5.88 Å². The second-order valence-corrected chi connectivity index (χ2v) is 4.88. The molecule has 7 nitrogen and oxygen atoms in total. The van der Waals surface area contributed by atoms with Crippen molar-refractivity contribution in [1.82, 2.24) is 4.98 Å². The Balaban J connectivity index is 2.80. The Morgan fingerprint density at radius 2 is 2.05 bits per heavy atom. The minimum absolute atomic E-state index is 0.0928. The van der Waals surface area contributed by atoms with Crippen LogP contribution in [0.15, 0.2) is 18.3 Å². The number of pyridine rings is 1. The number of aromatic nitrogens is 1. The van der Waals surface area contributed by atoms with Gasteiger partial charge in [-0.2, -0.15) is 0 Å². The third-order valence-corrected chi connectivity index (χ3v) is 3.16. The zero-order valence-corrected chi connectivity index (χ0v) is 11.2. The minimum atomic E-state index is -1.36. The largest absolute Gasteiger partial charge is 0.493 e. The zero-order valence-electron chi connectivity index (χ0n) is 11.2. The van der Waals surface area contributed by atoms with E-state index >= 15 is 0 Å². The van der Waals surface area contributed by atoms with Crippen molar-refractivity contribution in [3.05, 3.63) is 23.9 Å². The Morgan fingerprint density at radius 1 is 1.40 bits per heavy atom. The highest BCUT2D eigenvalue weighted by Gasteiger charge is 2.26. The number of aliphatic hydroxyl groups is 2. The van der Waals surface area contributed by atoms with Crippen LogP contribution in [0.25, 0.3) is 0 Å². The Hall–Kier alpha value is -1.70. The van der Waals surface area contributed by atoms with Crippen molar-refractivity contribution in [2.45, 2.75) is 43.9 Å². The number of aliphatic carboxylic acids is 1. The van der Waals surface area contributed by atoms with E-state index < -0.39 is 24.6 Å². The molecule has 0 aliphatic carbocycles. The summed E-state index contributed by atoms with van der Waals surface area (Å²) in [5, 5.41) is 37.4. The van der Waals surface area contributed by atoms with E-state index in [4.69, 9.17) is 10.8 Å². The maximum atomic E-state index is 10.5. The molecule has 0 bridgehead atoms. The number of nitrogens with two attached hydrogens (primary N) is 1. The van der Waals surface area contributed by atoms with Crippen LogP contribution in [0.2, 0.25) is 0 Å². The molecule has 0 aliphatic rings. The molecule has 0 saturated carbocycles. The van der Waals surface area contributed by atoms with E-state index in [1.165, 1.54) is 12.3 Å². The van der Waals surface area contributed by atoms with Gasteiger partial charge >= 0.3 is 5.97 Å². The molecule has 1 heterocycles. The van der Waals surface area contributed by atoms with Gasteiger partial charge in [-0.25, -0.2) is 4.98 Å². The lowest BCUT2D eigenvalue weighted by Gasteiger charge is -2.26. The van der Waals surface area contributed by atoms with Gasteiger partial charge in [-0.1, -0.05) is 0 Å². The number of nitrogens with zero attached hydrogens (tertiary/aromatic N) is 1. The zero-order chi connectivity index (χ0) is 15.3. The van der Waals surface area contributed by atoms with E-state index in [-0.39, 0.29) is 24.3 Å². The standard InChI is InChI=1S/C13H20N2O5/c1-7(14)9(8-2-3-15-12(18)4-8)5-10(16)11(17)6-13(19)20/h2-4,7,9-11,16-17H,5-6,14H2,1H3,(H,15,18)(H,19,20). The summed E-state index contributed by atoms with van der Waals surface area (Å²) in [6.07, 6.45) is -1.59. The number of aliphatic hydroxyl groups excluding tert-OH is 2. The molecule has 0 radical (unpaired) electrons. The van der Waals surface area contributed by atoms with Gasteiger partial charge in [0.1, 0.15) is 0 Å². The molecule has 0 spiro atoms. The van der Waals surface area contributed by atoms with Crippen molar-refractivity contribution in [2.75, 3.05) is 0 Å². The molecule has 4 unspecified atom stereocenters. The third kappa shape index (κ3) is 4.76. The number of carbonyl (C=O) groups is 1. The predicted molar refractivity (Wildman–Crippen MR) is 71.2 cm³/mol. The highest BCUT2D eigenvalue weighted by Crippen LogP contribution is 2.27. The first kappa shape index (κ1) is 16.4. The molecule has 1 aromatic heterocycles. The molecule has 20 heavy (non-hydrogen) atoms. The quantitative estimate of drug-likeness (QED) is 0.467. The summed E-state index contributed by atoms with van der Waals surface area (Å²) in [7, 11) is 0. The molecule has 7 heteroatoms. The van der Waals surface area contributed by atoms with Crippen molar-refractivity contribution in [2.24, 2.45) is 5.73 Å². The van der Waals surface area contributed by atoms with Crippen LogP contribution < -0.4 is 5.73 Å². The van der Waals surface area contributed by atoms with Crippen molar-refractivity contribution in [1.29, 1.82) is 0 Å². The fourth-order valence-electron chi connectivity index (χ4n) is 2.05. The molecule has 1 aromatic rings. The topological polar surface area (TPSA) is 137 Å². The number of hydrogen-bond acceptors (Lipinski definition) is 6. The third-order valence-electron chi connectivity index (χ3n) is 3.16. The van der Waals surface area contributed by atoms with E-state index in [0.29, 0.717) is 5.56 Å². The van der Waals surface area contributed by atoms with Gasteiger partial charge < -0.3 is 26.2 Å². The Labute approximate surface area is 116 Å². The van der Waals surface area contributed by atoms with Crippen molar-refractivity contribution < 1.29 is 25.2 Å². The summed E-state index contributed by atoms with van der Waals surface area (Å²) in [5.41, 5.74) is 6.53. The molecular formula is C13H20N2O5. The summed E-state index contributed by atoms with van der Waals surface area (Å²) in [5.74, 6) is -1.67.